The lowest BCUT2D eigenvalue weighted by atomic mass is 10.4. The summed E-state index contributed by atoms with van der Waals surface area (Å²) < 4.78 is 0. The van der Waals surface area contributed by atoms with Crippen LogP contribution >= 0.6 is 0 Å². The quantitative estimate of drug-likeness (QED) is 0.454. The van der Waals surface area contributed by atoms with Crippen LogP contribution in [0, 0.1) is 0 Å². The molecule has 3 nitrogen and oxygen atoms in total. The van der Waals surface area contributed by atoms with Crippen LogP contribution in [-0.2, 0) is 0 Å². The van der Waals surface area contributed by atoms with Gasteiger partial charge in [-0.05, 0) is 14.0 Å². The molecule has 0 fully saturated rings. The highest BCUT2D eigenvalue weighted by molar-refractivity contribution is 4.49. The van der Waals surface area contributed by atoms with E-state index >= 15 is 0 Å². The molecule has 46 valence electrons. The minimum Gasteiger partial charge on any atom is -0.395 e. The van der Waals surface area contributed by atoms with Crippen LogP contribution in [0.25, 0.3) is 0 Å². The molecule has 0 aliphatic carbocycles. The van der Waals surface area contributed by atoms with Gasteiger partial charge >= 0.3 is 0 Å². The minimum absolute atomic E-state index is 0. The van der Waals surface area contributed by atoms with Crippen molar-refractivity contribution in [2.75, 3.05) is 13.7 Å². The number of hydrogen-bond acceptors (Lipinski definition) is 3. The summed E-state index contributed by atoms with van der Waals surface area (Å²) in [5, 5.41) is 11.1. The zero-order valence-electron chi connectivity index (χ0n) is 4.94. The van der Waals surface area contributed by atoms with Gasteiger partial charge in [-0.15, -0.1) is 0 Å². The van der Waals surface area contributed by atoms with Crippen LogP contribution in [-0.4, -0.2) is 24.8 Å². The Kier molecular flexibility index (Phi) is 8.39. The molecule has 0 aromatic heterocycles. The van der Waals surface area contributed by atoms with Gasteiger partial charge in [-0.2, -0.15) is 0 Å². The summed E-state index contributed by atoms with van der Waals surface area (Å²) in [4.78, 5) is 0. The van der Waals surface area contributed by atoms with Crippen LogP contribution in [0.3, 0.4) is 0 Å². The van der Waals surface area contributed by atoms with E-state index in [9.17, 15) is 0 Å². The number of aliphatic hydroxyl groups excluding tert-OH is 1. The number of likely N-dealkylation sites (N-methyl/N-ethyl adjacent to an activating group) is 1. The maximum Gasteiger partial charge on any atom is 0.0581 e. The SMILES string of the molecule is CNC(C)CO.N. The van der Waals surface area contributed by atoms with Gasteiger partial charge in [0.15, 0.2) is 0 Å². The molecule has 0 amide bonds. The lowest BCUT2D eigenvalue weighted by Crippen LogP contribution is -2.24. The average molecular weight is 106 g/mol. The molecule has 0 saturated heterocycles. The predicted octanol–water partition coefficient (Wildman–Crippen LogP) is -0.251. The smallest absolute Gasteiger partial charge is 0.0581 e. The Hall–Kier alpha value is -0.120. The fraction of sp³-hybridized carbons (Fsp3) is 1.00. The predicted molar refractivity (Wildman–Crippen MR) is 30.6 cm³/mol. The van der Waals surface area contributed by atoms with Gasteiger partial charge < -0.3 is 16.6 Å². The Morgan fingerprint density at radius 2 is 2.14 bits per heavy atom. The summed E-state index contributed by atoms with van der Waals surface area (Å²) in [6, 6.07) is 0.241. The molecule has 0 heterocycles. The van der Waals surface area contributed by atoms with Gasteiger partial charge in [0.2, 0.25) is 0 Å². The topological polar surface area (TPSA) is 67.3 Å². The van der Waals surface area contributed by atoms with Crippen LogP contribution in [0.5, 0.6) is 0 Å². The van der Waals surface area contributed by atoms with Crippen molar-refractivity contribution in [1.82, 2.24) is 11.5 Å². The summed E-state index contributed by atoms with van der Waals surface area (Å²) in [6.07, 6.45) is 0. The molecule has 1 unspecified atom stereocenters. The number of rotatable bonds is 2. The summed E-state index contributed by atoms with van der Waals surface area (Å²) >= 11 is 0. The van der Waals surface area contributed by atoms with E-state index in [0.29, 0.717) is 0 Å². The highest BCUT2D eigenvalue weighted by atomic mass is 16.3. The molecular weight excluding hydrogens is 92.1 g/mol. The molecule has 3 heteroatoms. The molecule has 0 radical (unpaired) electrons. The van der Waals surface area contributed by atoms with E-state index in [2.05, 4.69) is 5.32 Å². The highest BCUT2D eigenvalue weighted by Gasteiger charge is 1.88. The molecule has 0 rings (SSSR count). The Bertz CT molecular complexity index is 28.9. The van der Waals surface area contributed by atoms with E-state index in [-0.39, 0.29) is 18.8 Å². The number of nitrogens with one attached hydrogen (secondary N) is 1. The Morgan fingerprint density at radius 1 is 1.71 bits per heavy atom. The van der Waals surface area contributed by atoms with Gasteiger partial charge in [0.05, 0.1) is 6.61 Å². The largest absolute Gasteiger partial charge is 0.395 e. The Labute approximate surface area is 44.3 Å². The molecule has 5 N–H and O–H groups in total. The summed E-state index contributed by atoms with van der Waals surface area (Å²) in [5.74, 6) is 0. The fourth-order valence-corrected chi connectivity index (χ4v) is 0.0913. The first-order chi connectivity index (χ1) is 2.81. The van der Waals surface area contributed by atoms with E-state index in [0.717, 1.165) is 0 Å². The van der Waals surface area contributed by atoms with Crippen LogP contribution in [0.2, 0.25) is 0 Å². The summed E-state index contributed by atoms with van der Waals surface area (Å²) in [6.45, 7) is 2.14. The molecule has 0 aliphatic heterocycles. The van der Waals surface area contributed by atoms with Gasteiger partial charge in [-0.1, -0.05) is 0 Å². The molecule has 0 aromatic carbocycles. The van der Waals surface area contributed by atoms with Crippen LogP contribution < -0.4 is 11.5 Å². The molecule has 0 spiro atoms. The molecular formula is C4H14N2O. The van der Waals surface area contributed by atoms with Gasteiger partial charge in [0.25, 0.3) is 0 Å². The maximum atomic E-state index is 8.27. The fourth-order valence-electron chi connectivity index (χ4n) is 0.0913. The first-order valence-electron chi connectivity index (χ1n) is 2.09. The van der Waals surface area contributed by atoms with Gasteiger partial charge in [0.1, 0.15) is 0 Å². The molecule has 7 heavy (non-hydrogen) atoms. The van der Waals surface area contributed by atoms with Crippen LogP contribution in [0.15, 0.2) is 0 Å². The van der Waals surface area contributed by atoms with Crippen LogP contribution in [0.1, 0.15) is 6.92 Å². The van der Waals surface area contributed by atoms with E-state index in [1.165, 1.54) is 0 Å². The van der Waals surface area contributed by atoms with Crippen molar-refractivity contribution >= 4 is 0 Å². The van der Waals surface area contributed by atoms with E-state index in [1.54, 1.807) is 0 Å². The lowest BCUT2D eigenvalue weighted by molar-refractivity contribution is 0.258. The Balaban J connectivity index is 0. The first-order valence-corrected chi connectivity index (χ1v) is 2.09. The molecule has 1 atom stereocenters. The van der Waals surface area contributed by atoms with E-state index < -0.39 is 0 Å². The second-order valence-corrected chi connectivity index (χ2v) is 1.37. The van der Waals surface area contributed by atoms with E-state index in [1.807, 2.05) is 14.0 Å². The zero-order valence-corrected chi connectivity index (χ0v) is 4.94. The third kappa shape index (κ3) is 5.88. The standard InChI is InChI=1S/C4H11NO.H3N/c1-4(3-6)5-2;/h4-6H,3H2,1-2H3;1H3. The third-order valence-electron chi connectivity index (χ3n) is 0.767. The zero-order chi connectivity index (χ0) is 4.99. The monoisotopic (exact) mass is 106 g/mol. The van der Waals surface area contributed by atoms with E-state index in [4.69, 9.17) is 5.11 Å². The normalized spacial score (nSPS) is 12.4. The van der Waals surface area contributed by atoms with Crippen molar-refractivity contribution in [3.05, 3.63) is 0 Å². The Morgan fingerprint density at radius 3 is 2.14 bits per heavy atom. The lowest BCUT2D eigenvalue weighted by Gasteiger charge is -2.01. The van der Waals surface area contributed by atoms with Crippen molar-refractivity contribution in [3.8, 4) is 0 Å². The molecule has 0 saturated carbocycles. The average Bonchev–Trinajstić information content (AvgIpc) is 1.65. The van der Waals surface area contributed by atoms with Gasteiger partial charge in [0, 0.05) is 6.04 Å². The molecule has 0 bridgehead atoms. The second kappa shape index (κ2) is 5.88. The summed E-state index contributed by atoms with van der Waals surface area (Å²) in [5.41, 5.74) is 0. The number of hydrogen-bond donors (Lipinski definition) is 3. The number of aliphatic hydroxyl groups is 1. The molecule has 0 aliphatic rings. The highest BCUT2D eigenvalue weighted by Crippen LogP contribution is 1.69. The minimum atomic E-state index is 0. The van der Waals surface area contributed by atoms with Crippen molar-refractivity contribution < 1.29 is 5.11 Å². The van der Waals surface area contributed by atoms with Crippen molar-refractivity contribution in [3.63, 3.8) is 0 Å². The van der Waals surface area contributed by atoms with Crippen LogP contribution in [0.4, 0.5) is 0 Å². The van der Waals surface area contributed by atoms with Gasteiger partial charge in [-0.3, -0.25) is 0 Å². The maximum absolute atomic E-state index is 8.27. The van der Waals surface area contributed by atoms with Crippen molar-refractivity contribution in [1.29, 1.82) is 0 Å². The molecule has 0 aromatic rings. The third-order valence-corrected chi connectivity index (χ3v) is 0.767. The second-order valence-electron chi connectivity index (χ2n) is 1.37. The van der Waals surface area contributed by atoms with Crippen molar-refractivity contribution in [2.24, 2.45) is 0 Å². The van der Waals surface area contributed by atoms with Gasteiger partial charge in [-0.25, -0.2) is 0 Å². The summed E-state index contributed by atoms with van der Waals surface area (Å²) in [7, 11) is 1.82. The first kappa shape index (κ1) is 9.99. The van der Waals surface area contributed by atoms with Crippen molar-refractivity contribution in [2.45, 2.75) is 13.0 Å².